The second-order valence-corrected chi connectivity index (χ2v) is 17.4. The van der Waals surface area contributed by atoms with Crippen LogP contribution in [0.1, 0.15) is 36.8 Å². The molecule has 10 nitrogen and oxygen atoms in total. The quantitative estimate of drug-likeness (QED) is 0.108. The number of aromatic nitrogens is 2. The van der Waals surface area contributed by atoms with Gasteiger partial charge < -0.3 is 9.84 Å². The van der Waals surface area contributed by atoms with Crippen molar-refractivity contribution in [2.24, 2.45) is 36.1 Å². The number of rotatable bonds is 5. The number of nitrogens with zero attached hydrogens (tertiary/aromatic N) is 4. The summed E-state index contributed by atoms with van der Waals surface area (Å²) in [5, 5.41) is 17.3. The van der Waals surface area contributed by atoms with Crippen molar-refractivity contribution in [1.82, 2.24) is 9.78 Å². The molecule has 2 aliphatic carbocycles. The zero-order valence-corrected chi connectivity index (χ0v) is 33.4. The molecule has 4 aliphatic rings. The van der Waals surface area contributed by atoms with E-state index in [0.717, 1.165) is 26.1 Å². The maximum Gasteiger partial charge on any atom is 0.242 e. The fourth-order valence-electron chi connectivity index (χ4n) is 9.58. The van der Waals surface area contributed by atoms with Gasteiger partial charge in [0, 0.05) is 28.8 Å². The number of imide groups is 2. The lowest BCUT2D eigenvalue weighted by molar-refractivity contribution is -0.131. The summed E-state index contributed by atoms with van der Waals surface area (Å²) in [7, 11) is 3.19. The summed E-state index contributed by atoms with van der Waals surface area (Å²) in [6, 6.07) is 20.0. The van der Waals surface area contributed by atoms with Gasteiger partial charge in [0.2, 0.25) is 23.6 Å². The topological polar surface area (TPSA) is 122 Å². The molecule has 3 aromatic carbocycles. The molecule has 0 radical (unpaired) electrons. The lowest BCUT2D eigenvalue weighted by Crippen LogP contribution is -2.49. The number of allylic oxidation sites excluding steroid dienone is 2. The molecule has 2 aliphatic heterocycles. The molecule has 54 heavy (non-hydrogen) atoms. The lowest BCUT2D eigenvalue weighted by atomic mass is 9.51. The van der Waals surface area contributed by atoms with E-state index in [1.54, 1.807) is 59.5 Å². The summed E-state index contributed by atoms with van der Waals surface area (Å²) in [5.74, 6) is -4.01. The van der Waals surface area contributed by atoms with E-state index in [-0.39, 0.29) is 41.5 Å². The molecule has 274 valence electrons. The fraction of sp³-hybridized carbons (Fsp3) is 0.293. The van der Waals surface area contributed by atoms with E-state index < -0.39 is 35.0 Å². The Morgan fingerprint density at radius 2 is 1.74 bits per heavy atom. The molecule has 9 rings (SSSR count). The highest BCUT2D eigenvalue weighted by atomic mass is 127. The Labute approximate surface area is 333 Å². The fourth-order valence-corrected chi connectivity index (χ4v) is 11.5. The lowest BCUT2D eigenvalue weighted by Gasteiger charge is -2.49. The van der Waals surface area contributed by atoms with Crippen LogP contribution in [-0.4, -0.2) is 45.6 Å². The minimum atomic E-state index is -1.28. The first-order valence-electron chi connectivity index (χ1n) is 17.7. The molecule has 6 atom stereocenters. The van der Waals surface area contributed by atoms with Crippen molar-refractivity contribution in [3.8, 4) is 22.1 Å². The molecule has 2 saturated heterocycles. The number of fused-ring (bicyclic) bond motifs is 5. The zero-order valence-electron chi connectivity index (χ0n) is 29.7. The highest BCUT2D eigenvalue weighted by molar-refractivity contribution is 14.1. The van der Waals surface area contributed by atoms with Crippen LogP contribution in [0.15, 0.2) is 78.4 Å². The first-order valence-corrected chi connectivity index (χ1v) is 19.9. The Morgan fingerprint density at radius 3 is 2.48 bits per heavy atom. The predicted octanol–water partition coefficient (Wildman–Crippen LogP) is 8.02. The number of aryl methyl sites for hydroxylation is 2. The number of benzene rings is 3. The molecule has 4 heterocycles. The van der Waals surface area contributed by atoms with Crippen LogP contribution in [0.2, 0.25) is 5.02 Å². The minimum absolute atomic E-state index is 0.0275. The summed E-state index contributed by atoms with van der Waals surface area (Å²) in [6.45, 7) is 3.85. The largest absolute Gasteiger partial charge is 0.504 e. The van der Waals surface area contributed by atoms with Crippen LogP contribution in [0.5, 0.6) is 11.5 Å². The highest BCUT2D eigenvalue weighted by Gasteiger charge is 2.68. The average Bonchev–Trinajstić information content (AvgIpc) is 3.83. The van der Waals surface area contributed by atoms with Gasteiger partial charge in [-0.3, -0.25) is 28.8 Å². The third kappa shape index (κ3) is 4.84. The summed E-state index contributed by atoms with van der Waals surface area (Å²) in [4.78, 5) is 61.9. The van der Waals surface area contributed by atoms with E-state index in [1.165, 1.54) is 16.9 Å². The van der Waals surface area contributed by atoms with Gasteiger partial charge in [0.1, 0.15) is 11.5 Å². The number of phenolic OH excluding ortho intramolecular Hbond substituents is 1. The Bertz CT molecular complexity index is 2510. The summed E-state index contributed by atoms with van der Waals surface area (Å²) < 4.78 is 8.72. The number of thiophene rings is 1. The standard InChI is InChI=1S/C41H34ClIN4O6S/c1-19-25-16-21(42)10-13-31(25)54-36(19)29-18-32(45(3)44-29)47-38(50)27-17-26-23(11-12-24-33(26)39(51)46(37(24)49)22-8-6-5-7-9-22)34(41(27,2)40(47)52)20-14-28(43)35(48)30(15-20)53-4/h5-11,13-16,18,24,26-27,33-34,48H,12,17H2,1-4H3/t24-,26+,27-,33-,34-,41+/m0/s1. The van der Waals surface area contributed by atoms with Crippen molar-refractivity contribution < 1.29 is 29.0 Å². The Kier molecular flexibility index (Phi) is 8.15. The van der Waals surface area contributed by atoms with Crippen LogP contribution in [0, 0.1) is 39.6 Å². The second kappa shape index (κ2) is 12.5. The molecule has 0 bridgehead atoms. The Hall–Kier alpha value is -4.53. The van der Waals surface area contributed by atoms with Crippen molar-refractivity contribution in [3.05, 3.63) is 98.1 Å². The Morgan fingerprint density at radius 1 is 0.981 bits per heavy atom. The monoisotopic (exact) mass is 872 g/mol. The number of anilines is 2. The molecule has 0 spiro atoms. The number of aromatic hydroxyl groups is 1. The van der Waals surface area contributed by atoms with Crippen molar-refractivity contribution in [3.63, 3.8) is 0 Å². The van der Waals surface area contributed by atoms with Crippen molar-refractivity contribution in [2.75, 3.05) is 16.9 Å². The molecule has 5 aromatic rings. The maximum absolute atomic E-state index is 15.2. The number of carbonyl (C=O) groups is 4. The second-order valence-electron chi connectivity index (χ2n) is 14.8. The number of ether oxygens (including phenoxy) is 1. The van der Waals surface area contributed by atoms with E-state index in [9.17, 15) is 19.5 Å². The van der Waals surface area contributed by atoms with Gasteiger partial charge in [-0.25, -0.2) is 4.90 Å². The van der Waals surface area contributed by atoms with E-state index >= 15 is 4.79 Å². The zero-order chi connectivity index (χ0) is 38.0. The molecule has 1 saturated carbocycles. The number of methoxy groups -OCH3 is 1. The van der Waals surface area contributed by atoms with Gasteiger partial charge in [-0.05, 0) is 114 Å². The molecule has 4 amide bonds. The van der Waals surface area contributed by atoms with E-state index in [0.29, 0.717) is 37.8 Å². The molecule has 3 fully saturated rings. The number of para-hydroxylation sites is 1. The summed E-state index contributed by atoms with van der Waals surface area (Å²) >= 11 is 9.93. The first kappa shape index (κ1) is 35.2. The normalized spacial score (nSPS) is 26.3. The highest BCUT2D eigenvalue weighted by Crippen LogP contribution is 2.64. The van der Waals surface area contributed by atoms with Gasteiger partial charge >= 0.3 is 0 Å². The van der Waals surface area contributed by atoms with Crippen molar-refractivity contribution >= 4 is 90.7 Å². The van der Waals surface area contributed by atoms with Gasteiger partial charge in [-0.1, -0.05) is 41.4 Å². The van der Waals surface area contributed by atoms with Crippen LogP contribution >= 0.6 is 45.5 Å². The molecule has 2 aromatic heterocycles. The van der Waals surface area contributed by atoms with Crippen molar-refractivity contribution in [2.45, 2.75) is 32.6 Å². The van der Waals surface area contributed by atoms with Crippen molar-refractivity contribution in [1.29, 1.82) is 0 Å². The van der Waals surface area contributed by atoms with Crippen LogP contribution < -0.4 is 14.5 Å². The van der Waals surface area contributed by atoms with E-state index in [2.05, 4.69) is 0 Å². The smallest absolute Gasteiger partial charge is 0.242 e. The number of phenols is 1. The number of carbonyl (C=O) groups excluding carboxylic acids is 4. The number of hydrogen-bond acceptors (Lipinski definition) is 8. The van der Waals surface area contributed by atoms with Gasteiger partial charge in [-0.15, -0.1) is 11.3 Å². The molecular weight excluding hydrogens is 839 g/mol. The van der Waals surface area contributed by atoms with Gasteiger partial charge in [0.05, 0.1) is 44.4 Å². The van der Waals surface area contributed by atoms with Gasteiger partial charge in [0.25, 0.3) is 0 Å². The minimum Gasteiger partial charge on any atom is -0.504 e. The molecule has 1 N–H and O–H groups in total. The summed E-state index contributed by atoms with van der Waals surface area (Å²) in [5.41, 5.74) is 2.40. The first-order chi connectivity index (χ1) is 25.8. The van der Waals surface area contributed by atoms with Gasteiger partial charge in [0.15, 0.2) is 11.5 Å². The van der Waals surface area contributed by atoms with Crippen LogP contribution in [0.3, 0.4) is 0 Å². The predicted molar refractivity (Wildman–Crippen MR) is 215 cm³/mol. The van der Waals surface area contributed by atoms with E-state index in [1.807, 2.05) is 72.8 Å². The average molecular weight is 873 g/mol. The molecule has 13 heteroatoms. The Balaban J connectivity index is 1.18. The number of halogens is 2. The van der Waals surface area contributed by atoms with Crippen LogP contribution in [0.4, 0.5) is 11.5 Å². The third-order valence-corrected chi connectivity index (χ3v) is 14.5. The maximum atomic E-state index is 15.2. The number of hydrogen-bond donors (Lipinski definition) is 1. The molecule has 0 unspecified atom stereocenters. The van der Waals surface area contributed by atoms with Crippen LogP contribution in [0.25, 0.3) is 20.7 Å². The van der Waals surface area contributed by atoms with E-state index in [4.69, 9.17) is 21.4 Å². The molecular formula is C41H34ClIN4O6S. The van der Waals surface area contributed by atoms with Crippen LogP contribution in [-0.2, 0) is 26.2 Å². The summed E-state index contributed by atoms with van der Waals surface area (Å²) in [6.07, 6.45) is 2.56. The number of amides is 4. The SMILES string of the molecule is COc1cc([C@H]2C3=CC[C@@H]4C(=O)N(c5ccccc5)C(=O)[C@@H]4[C@@H]3C[C@H]3C(=O)N(c4cc(-c5sc6ccc(Cl)cc6c5C)nn4C)C(=O)[C@@]23C)cc(I)c1O. The third-order valence-electron chi connectivity index (χ3n) is 12.1. The van der Waals surface area contributed by atoms with Gasteiger partial charge in [-0.2, -0.15) is 5.10 Å².